The monoisotopic (exact) mass is 329 g/mol. The zero-order valence-electron chi connectivity index (χ0n) is 14.5. The fourth-order valence-corrected chi connectivity index (χ4v) is 2.49. The number of nitrogens with one attached hydrogen (secondary N) is 1. The Bertz CT molecular complexity index is 713. The van der Waals surface area contributed by atoms with Crippen LogP contribution in [0.15, 0.2) is 36.4 Å². The number of methoxy groups -OCH3 is 3. The number of ether oxygens (including phenoxy) is 3. The first kappa shape index (κ1) is 17.7. The van der Waals surface area contributed by atoms with Gasteiger partial charge in [0.25, 0.3) is 5.91 Å². The Hall–Kier alpha value is -2.69. The van der Waals surface area contributed by atoms with Gasteiger partial charge in [0.15, 0.2) is 11.5 Å². The van der Waals surface area contributed by atoms with Crippen molar-refractivity contribution < 1.29 is 19.0 Å². The van der Waals surface area contributed by atoms with Crippen LogP contribution < -0.4 is 19.5 Å². The van der Waals surface area contributed by atoms with Gasteiger partial charge in [-0.05, 0) is 43.2 Å². The van der Waals surface area contributed by atoms with Crippen LogP contribution in [0, 0.1) is 6.92 Å². The van der Waals surface area contributed by atoms with Gasteiger partial charge in [0.2, 0.25) is 0 Å². The van der Waals surface area contributed by atoms with Crippen molar-refractivity contribution in [1.82, 2.24) is 5.32 Å². The van der Waals surface area contributed by atoms with Gasteiger partial charge >= 0.3 is 0 Å². The predicted molar refractivity (Wildman–Crippen MR) is 93.3 cm³/mol. The number of aryl methyl sites for hydroxylation is 1. The highest BCUT2D eigenvalue weighted by molar-refractivity contribution is 5.94. The van der Waals surface area contributed by atoms with E-state index in [1.807, 2.05) is 19.1 Å². The molecule has 0 bridgehead atoms. The molecule has 1 N–H and O–H groups in total. The fourth-order valence-electron chi connectivity index (χ4n) is 2.49. The largest absolute Gasteiger partial charge is 0.496 e. The third-order valence-corrected chi connectivity index (χ3v) is 3.76. The van der Waals surface area contributed by atoms with Crippen LogP contribution in [-0.2, 0) is 6.42 Å². The Morgan fingerprint density at radius 2 is 1.58 bits per heavy atom. The number of hydrogen-bond acceptors (Lipinski definition) is 4. The fraction of sp³-hybridized carbons (Fsp3) is 0.316. The third kappa shape index (κ3) is 4.19. The Balaban J connectivity index is 2.00. The molecule has 1 amide bonds. The summed E-state index contributed by atoms with van der Waals surface area (Å²) in [5.41, 5.74) is 2.77. The first-order valence-electron chi connectivity index (χ1n) is 7.72. The lowest BCUT2D eigenvalue weighted by Gasteiger charge is -2.11. The number of rotatable bonds is 7. The van der Waals surface area contributed by atoms with E-state index >= 15 is 0 Å². The molecule has 5 nitrogen and oxygen atoms in total. The van der Waals surface area contributed by atoms with Gasteiger partial charge in [0.1, 0.15) is 5.75 Å². The van der Waals surface area contributed by atoms with Crippen LogP contribution in [0.1, 0.15) is 21.5 Å². The second-order valence-corrected chi connectivity index (χ2v) is 5.39. The van der Waals surface area contributed by atoms with Gasteiger partial charge in [0.05, 0.1) is 21.3 Å². The molecule has 0 aromatic heterocycles. The third-order valence-electron chi connectivity index (χ3n) is 3.76. The number of carbonyl (C=O) groups excluding carboxylic acids is 1. The molecule has 0 spiro atoms. The maximum atomic E-state index is 12.3. The average molecular weight is 329 g/mol. The van der Waals surface area contributed by atoms with Crippen LogP contribution in [0.25, 0.3) is 0 Å². The topological polar surface area (TPSA) is 56.8 Å². The van der Waals surface area contributed by atoms with E-state index in [2.05, 4.69) is 11.4 Å². The molecule has 0 unspecified atom stereocenters. The SMILES string of the molecule is COc1ccc(C)cc1CCNC(=O)c1ccc(OC)c(OC)c1. The summed E-state index contributed by atoms with van der Waals surface area (Å²) in [5, 5.41) is 2.92. The minimum absolute atomic E-state index is 0.150. The summed E-state index contributed by atoms with van der Waals surface area (Å²) >= 11 is 0. The summed E-state index contributed by atoms with van der Waals surface area (Å²) in [5.74, 6) is 1.81. The van der Waals surface area contributed by atoms with Crippen molar-refractivity contribution in [3.05, 3.63) is 53.1 Å². The van der Waals surface area contributed by atoms with Gasteiger partial charge < -0.3 is 19.5 Å². The molecule has 0 aliphatic rings. The predicted octanol–water partition coefficient (Wildman–Crippen LogP) is 2.99. The van der Waals surface area contributed by atoms with E-state index in [1.165, 1.54) is 0 Å². The molecule has 0 heterocycles. The Morgan fingerprint density at radius 3 is 2.25 bits per heavy atom. The zero-order chi connectivity index (χ0) is 17.5. The number of amides is 1. The molecule has 0 saturated heterocycles. The lowest BCUT2D eigenvalue weighted by atomic mass is 10.1. The number of carbonyl (C=O) groups is 1. The van der Waals surface area contributed by atoms with Gasteiger partial charge in [-0.15, -0.1) is 0 Å². The molecule has 0 saturated carbocycles. The lowest BCUT2D eigenvalue weighted by Crippen LogP contribution is -2.25. The van der Waals surface area contributed by atoms with Crippen molar-refractivity contribution in [2.45, 2.75) is 13.3 Å². The smallest absolute Gasteiger partial charge is 0.251 e. The summed E-state index contributed by atoms with van der Waals surface area (Å²) < 4.78 is 15.8. The van der Waals surface area contributed by atoms with E-state index in [0.717, 1.165) is 16.9 Å². The van der Waals surface area contributed by atoms with E-state index in [9.17, 15) is 4.79 Å². The van der Waals surface area contributed by atoms with E-state index < -0.39 is 0 Å². The van der Waals surface area contributed by atoms with Gasteiger partial charge in [-0.3, -0.25) is 4.79 Å². The molecule has 0 radical (unpaired) electrons. The molecule has 24 heavy (non-hydrogen) atoms. The Labute approximate surface area is 142 Å². The van der Waals surface area contributed by atoms with Crippen LogP contribution in [0.2, 0.25) is 0 Å². The van der Waals surface area contributed by atoms with Crippen LogP contribution in [0.5, 0.6) is 17.2 Å². The summed E-state index contributed by atoms with van der Waals surface area (Å²) in [4.78, 5) is 12.3. The Kier molecular flexibility index (Phi) is 6.07. The molecule has 0 aliphatic carbocycles. The first-order chi connectivity index (χ1) is 11.6. The van der Waals surface area contributed by atoms with Crippen molar-refractivity contribution >= 4 is 5.91 Å². The van der Waals surface area contributed by atoms with Crippen LogP contribution in [-0.4, -0.2) is 33.8 Å². The van der Waals surface area contributed by atoms with E-state index in [-0.39, 0.29) is 5.91 Å². The summed E-state index contributed by atoms with van der Waals surface area (Å²) in [6, 6.07) is 11.1. The second kappa shape index (κ2) is 8.24. The molecule has 0 fully saturated rings. The molecule has 128 valence electrons. The van der Waals surface area contributed by atoms with Gasteiger partial charge in [-0.2, -0.15) is 0 Å². The minimum Gasteiger partial charge on any atom is -0.496 e. The van der Waals surface area contributed by atoms with Crippen LogP contribution in [0.3, 0.4) is 0 Å². The maximum Gasteiger partial charge on any atom is 0.251 e. The molecule has 5 heteroatoms. The van der Waals surface area contributed by atoms with Crippen LogP contribution in [0.4, 0.5) is 0 Å². The highest BCUT2D eigenvalue weighted by Gasteiger charge is 2.11. The summed E-state index contributed by atoms with van der Waals surface area (Å²) in [7, 11) is 4.76. The van der Waals surface area contributed by atoms with Crippen molar-refractivity contribution in [2.75, 3.05) is 27.9 Å². The number of hydrogen-bond donors (Lipinski definition) is 1. The second-order valence-electron chi connectivity index (χ2n) is 5.39. The molecular weight excluding hydrogens is 306 g/mol. The van der Waals surface area contributed by atoms with Gasteiger partial charge in [0, 0.05) is 12.1 Å². The van der Waals surface area contributed by atoms with Crippen molar-refractivity contribution in [3.63, 3.8) is 0 Å². The van der Waals surface area contributed by atoms with Crippen molar-refractivity contribution in [1.29, 1.82) is 0 Å². The molecule has 2 rings (SSSR count). The quantitative estimate of drug-likeness (QED) is 0.848. The summed E-state index contributed by atoms with van der Waals surface area (Å²) in [6.07, 6.45) is 0.698. The standard InChI is InChI=1S/C19H23NO4/c1-13-5-7-16(22-2)14(11-13)9-10-20-19(21)15-6-8-17(23-3)18(12-15)24-4/h5-8,11-12H,9-10H2,1-4H3,(H,20,21). The maximum absolute atomic E-state index is 12.3. The summed E-state index contributed by atoms with van der Waals surface area (Å²) in [6.45, 7) is 2.55. The van der Waals surface area contributed by atoms with Crippen molar-refractivity contribution in [2.24, 2.45) is 0 Å². The normalized spacial score (nSPS) is 10.2. The molecular formula is C19H23NO4. The minimum atomic E-state index is -0.150. The van der Waals surface area contributed by atoms with Gasteiger partial charge in [-0.1, -0.05) is 17.7 Å². The molecule has 2 aromatic carbocycles. The molecule has 2 aromatic rings. The Morgan fingerprint density at radius 1 is 0.917 bits per heavy atom. The first-order valence-corrected chi connectivity index (χ1v) is 7.72. The average Bonchev–Trinajstić information content (AvgIpc) is 2.61. The van der Waals surface area contributed by atoms with E-state index in [0.29, 0.717) is 30.0 Å². The molecule has 0 aliphatic heterocycles. The highest BCUT2D eigenvalue weighted by atomic mass is 16.5. The highest BCUT2D eigenvalue weighted by Crippen LogP contribution is 2.27. The lowest BCUT2D eigenvalue weighted by molar-refractivity contribution is 0.0953. The van der Waals surface area contributed by atoms with Crippen LogP contribution >= 0.6 is 0 Å². The van der Waals surface area contributed by atoms with E-state index in [4.69, 9.17) is 14.2 Å². The number of benzene rings is 2. The zero-order valence-corrected chi connectivity index (χ0v) is 14.5. The van der Waals surface area contributed by atoms with E-state index in [1.54, 1.807) is 39.5 Å². The van der Waals surface area contributed by atoms with Gasteiger partial charge in [-0.25, -0.2) is 0 Å². The molecule has 0 atom stereocenters. The van der Waals surface area contributed by atoms with Crippen molar-refractivity contribution in [3.8, 4) is 17.2 Å².